The molecule has 2 aliphatic heterocycles. The largest absolute Gasteiger partial charge is 0.316 e. The molecule has 2 saturated heterocycles. The molecule has 14 heavy (non-hydrogen) atoms. The molecule has 3 aliphatic rings. The van der Waals surface area contributed by atoms with E-state index >= 15 is 0 Å². The highest BCUT2D eigenvalue weighted by Gasteiger charge is 2.52. The van der Waals surface area contributed by atoms with Crippen molar-refractivity contribution in [2.45, 2.75) is 32.6 Å². The van der Waals surface area contributed by atoms with Gasteiger partial charge in [-0.15, -0.1) is 0 Å². The molecular formula is C12H22N2. The summed E-state index contributed by atoms with van der Waals surface area (Å²) in [4.78, 5) is 2.68. The Hall–Kier alpha value is -0.0800. The zero-order valence-electron chi connectivity index (χ0n) is 9.31. The van der Waals surface area contributed by atoms with E-state index in [-0.39, 0.29) is 0 Å². The predicted octanol–water partition coefficient (Wildman–Crippen LogP) is 1.47. The van der Waals surface area contributed by atoms with Crippen molar-refractivity contribution >= 4 is 0 Å². The molecule has 1 saturated carbocycles. The fraction of sp³-hybridized carbons (Fsp3) is 1.00. The zero-order valence-corrected chi connectivity index (χ0v) is 9.31. The van der Waals surface area contributed by atoms with Crippen LogP contribution >= 0.6 is 0 Å². The van der Waals surface area contributed by atoms with Gasteiger partial charge in [0.2, 0.25) is 0 Å². The third kappa shape index (κ3) is 1.59. The Kier molecular flexibility index (Phi) is 1.94. The van der Waals surface area contributed by atoms with Crippen LogP contribution in [0.3, 0.4) is 0 Å². The highest BCUT2D eigenvalue weighted by atomic mass is 15.2. The van der Waals surface area contributed by atoms with Gasteiger partial charge in [0.15, 0.2) is 0 Å². The number of rotatable bonds is 2. The van der Waals surface area contributed by atoms with Crippen LogP contribution in [0.15, 0.2) is 0 Å². The van der Waals surface area contributed by atoms with Crippen molar-refractivity contribution in [1.29, 1.82) is 0 Å². The van der Waals surface area contributed by atoms with Crippen molar-refractivity contribution in [2.75, 3.05) is 32.7 Å². The molecule has 1 spiro atoms. The molecule has 2 heteroatoms. The number of hydrogen-bond acceptors (Lipinski definition) is 2. The minimum Gasteiger partial charge on any atom is -0.316 e. The maximum absolute atomic E-state index is 3.54. The molecule has 0 amide bonds. The molecule has 1 atom stereocenters. The van der Waals surface area contributed by atoms with Crippen molar-refractivity contribution in [3.63, 3.8) is 0 Å². The normalized spacial score (nSPS) is 40.9. The number of hydrogen-bond donors (Lipinski definition) is 1. The first-order chi connectivity index (χ1) is 6.70. The first-order valence-electron chi connectivity index (χ1n) is 6.13. The third-order valence-electron chi connectivity index (χ3n) is 4.37. The van der Waals surface area contributed by atoms with Crippen LogP contribution in [0.5, 0.6) is 0 Å². The molecule has 3 rings (SSSR count). The molecule has 0 aromatic carbocycles. The smallest absolute Gasteiger partial charge is 0.00507 e. The lowest BCUT2D eigenvalue weighted by Gasteiger charge is -2.46. The Bertz CT molecular complexity index is 218. The van der Waals surface area contributed by atoms with Crippen LogP contribution in [0.4, 0.5) is 0 Å². The van der Waals surface area contributed by atoms with Crippen molar-refractivity contribution in [3.05, 3.63) is 0 Å². The van der Waals surface area contributed by atoms with E-state index in [1.807, 2.05) is 0 Å². The first kappa shape index (κ1) is 9.17. The Morgan fingerprint density at radius 1 is 1.21 bits per heavy atom. The van der Waals surface area contributed by atoms with Crippen molar-refractivity contribution < 1.29 is 0 Å². The molecule has 1 unspecified atom stereocenters. The van der Waals surface area contributed by atoms with E-state index in [0.717, 1.165) is 5.41 Å². The molecule has 1 N–H and O–H groups in total. The van der Waals surface area contributed by atoms with E-state index < -0.39 is 0 Å². The van der Waals surface area contributed by atoms with E-state index in [1.54, 1.807) is 0 Å². The van der Waals surface area contributed by atoms with Crippen LogP contribution in [0.1, 0.15) is 32.6 Å². The van der Waals surface area contributed by atoms with Crippen molar-refractivity contribution in [3.8, 4) is 0 Å². The van der Waals surface area contributed by atoms with Gasteiger partial charge >= 0.3 is 0 Å². The standard InChI is InChI=1S/C12H22N2/c1-11(3-2-6-13-7-11)8-14-9-12(10-14)4-5-12/h13H,2-10H2,1H3. The average molecular weight is 194 g/mol. The Balaban J connectivity index is 1.51. The lowest BCUT2D eigenvalue weighted by molar-refractivity contribution is 0.0290. The summed E-state index contributed by atoms with van der Waals surface area (Å²) in [7, 11) is 0. The van der Waals surface area contributed by atoms with Gasteiger partial charge in [0.05, 0.1) is 0 Å². The van der Waals surface area contributed by atoms with Crippen LogP contribution in [0.2, 0.25) is 0 Å². The summed E-state index contributed by atoms with van der Waals surface area (Å²) in [6.07, 6.45) is 5.82. The van der Waals surface area contributed by atoms with Crippen LogP contribution in [-0.2, 0) is 0 Å². The zero-order chi connectivity index (χ0) is 9.65. The van der Waals surface area contributed by atoms with E-state index in [2.05, 4.69) is 17.1 Å². The second-order valence-corrected chi connectivity index (χ2v) is 6.24. The SMILES string of the molecule is CC1(CN2CC3(CC3)C2)CCCNC1. The number of nitrogens with one attached hydrogen (secondary N) is 1. The van der Waals surface area contributed by atoms with Crippen LogP contribution < -0.4 is 5.32 Å². The van der Waals surface area contributed by atoms with Gasteiger partial charge < -0.3 is 10.2 Å². The molecule has 0 aromatic rings. The molecular weight excluding hydrogens is 172 g/mol. The van der Waals surface area contributed by atoms with Crippen LogP contribution in [0, 0.1) is 10.8 Å². The maximum Gasteiger partial charge on any atom is 0.00507 e. The lowest BCUT2D eigenvalue weighted by atomic mass is 9.80. The summed E-state index contributed by atoms with van der Waals surface area (Å²) in [6.45, 7) is 9.07. The van der Waals surface area contributed by atoms with Gasteiger partial charge in [-0.2, -0.15) is 0 Å². The summed E-state index contributed by atoms with van der Waals surface area (Å²) in [5.74, 6) is 0. The molecule has 0 bridgehead atoms. The number of likely N-dealkylation sites (tertiary alicyclic amines) is 1. The quantitative estimate of drug-likeness (QED) is 0.716. The topological polar surface area (TPSA) is 15.3 Å². The second kappa shape index (κ2) is 2.96. The van der Waals surface area contributed by atoms with Crippen LogP contribution in [-0.4, -0.2) is 37.6 Å². The minimum absolute atomic E-state index is 0.564. The molecule has 1 aliphatic carbocycles. The number of piperidine rings is 1. The Morgan fingerprint density at radius 3 is 2.57 bits per heavy atom. The molecule has 2 heterocycles. The minimum atomic E-state index is 0.564. The Labute approximate surface area is 87.0 Å². The van der Waals surface area contributed by atoms with E-state index in [4.69, 9.17) is 0 Å². The molecule has 0 aromatic heterocycles. The Morgan fingerprint density at radius 2 is 2.00 bits per heavy atom. The fourth-order valence-corrected chi connectivity index (χ4v) is 3.30. The van der Waals surface area contributed by atoms with Gasteiger partial charge in [-0.1, -0.05) is 6.92 Å². The van der Waals surface area contributed by atoms with Gasteiger partial charge in [-0.3, -0.25) is 0 Å². The van der Waals surface area contributed by atoms with Gasteiger partial charge in [-0.05, 0) is 43.1 Å². The van der Waals surface area contributed by atoms with Crippen molar-refractivity contribution in [2.24, 2.45) is 10.8 Å². The summed E-state index contributed by atoms with van der Waals surface area (Å²) in [5.41, 5.74) is 1.40. The third-order valence-corrected chi connectivity index (χ3v) is 4.37. The molecule has 0 radical (unpaired) electrons. The maximum atomic E-state index is 3.54. The molecule has 80 valence electrons. The summed E-state index contributed by atoms with van der Waals surface area (Å²) < 4.78 is 0. The molecule has 2 nitrogen and oxygen atoms in total. The molecule has 3 fully saturated rings. The van der Waals surface area contributed by atoms with Gasteiger partial charge in [0.1, 0.15) is 0 Å². The summed E-state index contributed by atoms with van der Waals surface area (Å²) in [6, 6.07) is 0. The van der Waals surface area contributed by atoms with Crippen LogP contribution in [0.25, 0.3) is 0 Å². The average Bonchev–Trinajstić information content (AvgIpc) is 2.84. The monoisotopic (exact) mass is 194 g/mol. The van der Waals surface area contributed by atoms with Gasteiger partial charge in [-0.25, -0.2) is 0 Å². The first-order valence-corrected chi connectivity index (χ1v) is 6.13. The second-order valence-electron chi connectivity index (χ2n) is 6.24. The summed E-state index contributed by atoms with van der Waals surface area (Å²) in [5, 5.41) is 3.54. The predicted molar refractivity (Wildman–Crippen MR) is 58.3 cm³/mol. The van der Waals surface area contributed by atoms with E-state index in [1.165, 1.54) is 58.4 Å². The summed E-state index contributed by atoms with van der Waals surface area (Å²) >= 11 is 0. The lowest BCUT2D eigenvalue weighted by Crippen LogP contribution is -2.54. The number of nitrogens with zero attached hydrogens (tertiary/aromatic N) is 1. The van der Waals surface area contributed by atoms with Gasteiger partial charge in [0, 0.05) is 26.2 Å². The van der Waals surface area contributed by atoms with Crippen molar-refractivity contribution in [1.82, 2.24) is 10.2 Å². The van der Waals surface area contributed by atoms with Gasteiger partial charge in [0.25, 0.3) is 0 Å². The fourth-order valence-electron chi connectivity index (χ4n) is 3.30. The van der Waals surface area contributed by atoms with E-state index in [0.29, 0.717) is 5.41 Å². The van der Waals surface area contributed by atoms with E-state index in [9.17, 15) is 0 Å². The highest BCUT2D eigenvalue weighted by Crippen LogP contribution is 2.53. The highest BCUT2D eigenvalue weighted by molar-refractivity contribution is 5.06.